The summed E-state index contributed by atoms with van der Waals surface area (Å²) in [6, 6.07) is 8.77. The zero-order valence-electron chi connectivity index (χ0n) is 8.39. The second-order valence-electron chi connectivity index (χ2n) is 4.26. The van der Waals surface area contributed by atoms with E-state index in [1.807, 2.05) is 0 Å². The number of benzene rings is 1. The summed E-state index contributed by atoms with van der Waals surface area (Å²) in [6.07, 6.45) is 0. The second-order valence-corrected chi connectivity index (χ2v) is 4.26. The molecule has 1 aliphatic heterocycles. The van der Waals surface area contributed by atoms with Crippen LogP contribution < -0.4 is 10.6 Å². The molecule has 0 aromatic heterocycles. The predicted molar refractivity (Wildman–Crippen MR) is 57.2 cm³/mol. The molecule has 1 aromatic rings. The van der Waals surface area contributed by atoms with Gasteiger partial charge in [-0.15, -0.1) is 0 Å². The van der Waals surface area contributed by atoms with E-state index in [-0.39, 0.29) is 5.54 Å². The van der Waals surface area contributed by atoms with Gasteiger partial charge in [0, 0.05) is 6.04 Å². The summed E-state index contributed by atoms with van der Waals surface area (Å²) in [6.45, 7) is 6.62. The topological polar surface area (TPSA) is 24.1 Å². The molecule has 13 heavy (non-hydrogen) atoms. The van der Waals surface area contributed by atoms with Crippen molar-refractivity contribution >= 4 is 11.4 Å². The first-order chi connectivity index (χ1) is 6.09. The Morgan fingerprint density at radius 3 is 2.46 bits per heavy atom. The molecule has 0 saturated heterocycles. The molecule has 2 heteroatoms. The van der Waals surface area contributed by atoms with Gasteiger partial charge in [-0.1, -0.05) is 12.1 Å². The van der Waals surface area contributed by atoms with E-state index in [0.717, 1.165) is 0 Å². The van der Waals surface area contributed by atoms with Gasteiger partial charge in [-0.25, -0.2) is 0 Å². The predicted octanol–water partition coefficient (Wildman–Crippen LogP) is 2.69. The average Bonchev–Trinajstić information content (AvgIpc) is 2.06. The fourth-order valence-corrected chi connectivity index (χ4v) is 1.59. The molecular formula is C11H16N2. The lowest BCUT2D eigenvalue weighted by atomic mass is 9.92. The Morgan fingerprint density at radius 2 is 1.77 bits per heavy atom. The van der Waals surface area contributed by atoms with Crippen LogP contribution in [0.15, 0.2) is 24.3 Å². The maximum absolute atomic E-state index is 3.52. The monoisotopic (exact) mass is 176 g/mol. The molecule has 0 spiro atoms. The van der Waals surface area contributed by atoms with Crippen molar-refractivity contribution in [2.75, 3.05) is 10.6 Å². The highest BCUT2D eigenvalue weighted by Gasteiger charge is 2.30. The number of rotatable bonds is 0. The summed E-state index contributed by atoms with van der Waals surface area (Å²) < 4.78 is 0. The van der Waals surface area contributed by atoms with Gasteiger partial charge in [-0.05, 0) is 32.9 Å². The van der Waals surface area contributed by atoms with Gasteiger partial charge in [0.1, 0.15) is 0 Å². The normalized spacial score (nSPS) is 24.1. The van der Waals surface area contributed by atoms with Crippen LogP contribution in [0.3, 0.4) is 0 Å². The molecule has 0 bridgehead atoms. The van der Waals surface area contributed by atoms with Crippen LogP contribution in [0.25, 0.3) is 0 Å². The van der Waals surface area contributed by atoms with Gasteiger partial charge in [0.15, 0.2) is 0 Å². The lowest BCUT2D eigenvalue weighted by Crippen LogP contribution is -2.49. The minimum Gasteiger partial charge on any atom is -0.379 e. The summed E-state index contributed by atoms with van der Waals surface area (Å²) in [5.41, 5.74) is 2.52. The number of hydrogen-bond donors (Lipinski definition) is 2. The molecule has 0 saturated carbocycles. The van der Waals surface area contributed by atoms with E-state index in [9.17, 15) is 0 Å². The minimum atomic E-state index is 0.119. The average molecular weight is 176 g/mol. The molecular weight excluding hydrogens is 160 g/mol. The Labute approximate surface area is 79.4 Å². The highest BCUT2D eigenvalue weighted by atomic mass is 15.1. The third-order valence-corrected chi connectivity index (χ3v) is 2.84. The standard InChI is InChI=1S/C11H16N2/c1-8-11(2,3)13-10-7-5-4-6-9(10)12-8/h4-8,12-13H,1-3H3/t8-/m0/s1. The van der Waals surface area contributed by atoms with Gasteiger partial charge < -0.3 is 10.6 Å². The Hall–Kier alpha value is -1.18. The first kappa shape index (κ1) is 8.42. The summed E-state index contributed by atoms with van der Waals surface area (Å²) >= 11 is 0. The molecule has 1 aromatic carbocycles. The van der Waals surface area contributed by atoms with Crippen molar-refractivity contribution in [3.05, 3.63) is 24.3 Å². The zero-order chi connectivity index (χ0) is 9.47. The Balaban J connectivity index is 2.39. The summed E-state index contributed by atoms with van der Waals surface area (Å²) in [4.78, 5) is 0. The highest BCUT2D eigenvalue weighted by molar-refractivity contribution is 5.72. The Morgan fingerprint density at radius 1 is 1.15 bits per heavy atom. The van der Waals surface area contributed by atoms with Crippen molar-refractivity contribution in [1.29, 1.82) is 0 Å². The van der Waals surface area contributed by atoms with E-state index in [1.54, 1.807) is 0 Å². The van der Waals surface area contributed by atoms with Crippen LogP contribution in [-0.4, -0.2) is 11.6 Å². The van der Waals surface area contributed by atoms with Crippen LogP contribution in [0.1, 0.15) is 20.8 Å². The number of fused-ring (bicyclic) bond motifs is 1. The van der Waals surface area contributed by atoms with Crippen LogP contribution >= 0.6 is 0 Å². The van der Waals surface area contributed by atoms with Gasteiger partial charge in [0.05, 0.1) is 16.9 Å². The zero-order valence-corrected chi connectivity index (χ0v) is 8.39. The highest BCUT2D eigenvalue weighted by Crippen LogP contribution is 2.32. The quantitative estimate of drug-likeness (QED) is 0.635. The van der Waals surface area contributed by atoms with Gasteiger partial charge in [-0.3, -0.25) is 0 Å². The third kappa shape index (κ3) is 1.37. The van der Waals surface area contributed by atoms with Crippen LogP contribution in [-0.2, 0) is 0 Å². The second kappa shape index (κ2) is 2.66. The molecule has 0 radical (unpaired) electrons. The summed E-state index contributed by atoms with van der Waals surface area (Å²) in [5.74, 6) is 0. The van der Waals surface area contributed by atoms with E-state index < -0.39 is 0 Å². The van der Waals surface area contributed by atoms with Crippen molar-refractivity contribution in [2.45, 2.75) is 32.4 Å². The van der Waals surface area contributed by atoms with Crippen LogP contribution in [0, 0.1) is 0 Å². The SMILES string of the molecule is C[C@@H]1Nc2ccccc2NC1(C)C. The molecule has 2 rings (SSSR count). The molecule has 2 nitrogen and oxygen atoms in total. The number of para-hydroxylation sites is 2. The fourth-order valence-electron chi connectivity index (χ4n) is 1.59. The van der Waals surface area contributed by atoms with Crippen molar-refractivity contribution in [1.82, 2.24) is 0 Å². The maximum Gasteiger partial charge on any atom is 0.0580 e. The van der Waals surface area contributed by atoms with Gasteiger partial charge in [0.25, 0.3) is 0 Å². The number of hydrogen-bond acceptors (Lipinski definition) is 2. The molecule has 0 fully saturated rings. The smallest absolute Gasteiger partial charge is 0.0580 e. The first-order valence-corrected chi connectivity index (χ1v) is 4.73. The fraction of sp³-hybridized carbons (Fsp3) is 0.455. The molecule has 0 amide bonds. The molecule has 1 aliphatic rings. The molecule has 70 valence electrons. The van der Waals surface area contributed by atoms with Gasteiger partial charge in [0.2, 0.25) is 0 Å². The third-order valence-electron chi connectivity index (χ3n) is 2.84. The van der Waals surface area contributed by atoms with Crippen molar-refractivity contribution in [2.24, 2.45) is 0 Å². The molecule has 1 atom stereocenters. The lowest BCUT2D eigenvalue weighted by molar-refractivity contribution is 0.486. The number of anilines is 2. The van der Waals surface area contributed by atoms with Gasteiger partial charge >= 0.3 is 0 Å². The molecule has 0 unspecified atom stereocenters. The molecule has 1 heterocycles. The van der Waals surface area contributed by atoms with E-state index in [2.05, 4.69) is 55.7 Å². The lowest BCUT2D eigenvalue weighted by Gasteiger charge is -2.40. The Kier molecular flexibility index (Phi) is 1.72. The summed E-state index contributed by atoms with van der Waals surface area (Å²) in [7, 11) is 0. The van der Waals surface area contributed by atoms with Gasteiger partial charge in [-0.2, -0.15) is 0 Å². The van der Waals surface area contributed by atoms with E-state index in [0.29, 0.717) is 6.04 Å². The van der Waals surface area contributed by atoms with E-state index in [4.69, 9.17) is 0 Å². The van der Waals surface area contributed by atoms with Crippen LogP contribution in [0.4, 0.5) is 11.4 Å². The maximum atomic E-state index is 3.52. The van der Waals surface area contributed by atoms with Crippen molar-refractivity contribution in [3.8, 4) is 0 Å². The van der Waals surface area contributed by atoms with Crippen molar-refractivity contribution < 1.29 is 0 Å². The molecule has 0 aliphatic carbocycles. The first-order valence-electron chi connectivity index (χ1n) is 4.73. The van der Waals surface area contributed by atoms with Crippen LogP contribution in [0.5, 0.6) is 0 Å². The van der Waals surface area contributed by atoms with Crippen molar-refractivity contribution in [3.63, 3.8) is 0 Å². The summed E-state index contributed by atoms with van der Waals surface area (Å²) in [5, 5.41) is 7.01. The van der Waals surface area contributed by atoms with E-state index in [1.165, 1.54) is 11.4 Å². The Bertz CT molecular complexity index is 318. The van der Waals surface area contributed by atoms with Crippen LogP contribution in [0.2, 0.25) is 0 Å². The number of nitrogens with one attached hydrogen (secondary N) is 2. The minimum absolute atomic E-state index is 0.119. The van der Waals surface area contributed by atoms with E-state index >= 15 is 0 Å². The molecule has 2 N–H and O–H groups in total. The largest absolute Gasteiger partial charge is 0.379 e.